The lowest BCUT2D eigenvalue weighted by Gasteiger charge is -2.23. The van der Waals surface area contributed by atoms with E-state index in [1.54, 1.807) is 61.6 Å². The fourth-order valence-electron chi connectivity index (χ4n) is 3.07. The van der Waals surface area contributed by atoms with Crippen LogP contribution in [0.2, 0.25) is 0 Å². The SMILES string of the molecule is C=CCN(c1ccccc1)S(=O)(=O)c1cccc(C(=O)OCC(=O)N(C)c2ccccc2)c1. The number of ether oxygens (including phenoxy) is 1. The minimum absolute atomic E-state index is 0.0258. The van der Waals surface area contributed by atoms with Gasteiger partial charge in [-0.05, 0) is 42.5 Å². The highest BCUT2D eigenvalue weighted by molar-refractivity contribution is 7.92. The van der Waals surface area contributed by atoms with E-state index in [0.29, 0.717) is 11.4 Å². The number of carbonyl (C=O) groups is 2. The first-order valence-electron chi connectivity index (χ1n) is 10.1. The van der Waals surface area contributed by atoms with E-state index in [4.69, 9.17) is 4.74 Å². The summed E-state index contributed by atoms with van der Waals surface area (Å²) in [6, 6.07) is 23.1. The number of carbonyl (C=O) groups excluding carboxylic acids is 2. The molecule has 0 saturated heterocycles. The number of benzene rings is 3. The van der Waals surface area contributed by atoms with Crippen LogP contribution in [0.5, 0.6) is 0 Å². The van der Waals surface area contributed by atoms with Crippen LogP contribution in [0.4, 0.5) is 11.4 Å². The number of para-hydroxylation sites is 2. The zero-order chi connectivity index (χ0) is 23.8. The van der Waals surface area contributed by atoms with Gasteiger partial charge in [-0.3, -0.25) is 9.10 Å². The third kappa shape index (κ3) is 5.67. The molecule has 3 aromatic carbocycles. The van der Waals surface area contributed by atoms with Crippen LogP contribution >= 0.6 is 0 Å². The summed E-state index contributed by atoms with van der Waals surface area (Å²) in [5.74, 6) is -1.21. The molecule has 0 aliphatic carbocycles. The molecule has 3 aromatic rings. The van der Waals surface area contributed by atoms with Crippen LogP contribution < -0.4 is 9.21 Å². The summed E-state index contributed by atoms with van der Waals surface area (Å²) in [7, 11) is -2.39. The zero-order valence-electron chi connectivity index (χ0n) is 18.1. The summed E-state index contributed by atoms with van der Waals surface area (Å²) >= 11 is 0. The third-order valence-electron chi connectivity index (χ3n) is 4.84. The molecule has 33 heavy (non-hydrogen) atoms. The Morgan fingerprint density at radius 3 is 2.12 bits per heavy atom. The Hall–Kier alpha value is -3.91. The summed E-state index contributed by atoms with van der Waals surface area (Å²) in [5.41, 5.74) is 1.16. The number of rotatable bonds is 9. The van der Waals surface area contributed by atoms with Crippen molar-refractivity contribution in [2.45, 2.75) is 4.90 Å². The largest absolute Gasteiger partial charge is 0.452 e. The van der Waals surface area contributed by atoms with Gasteiger partial charge in [0, 0.05) is 12.7 Å². The lowest BCUT2D eigenvalue weighted by Crippen LogP contribution is -2.31. The lowest BCUT2D eigenvalue weighted by atomic mass is 10.2. The first kappa shape index (κ1) is 23.7. The van der Waals surface area contributed by atoms with E-state index in [2.05, 4.69) is 6.58 Å². The molecule has 0 spiro atoms. The van der Waals surface area contributed by atoms with Crippen molar-refractivity contribution < 1.29 is 22.7 Å². The molecule has 0 radical (unpaired) electrons. The van der Waals surface area contributed by atoms with E-state index in [1.165, 1.54) is 39.5 Å². The second-order valence-electron chi connectivity index (χ2n) is 7.05. The number of nitrogens with zero attached hydrogens (tertiary/aromatic N) is 2. The quantitative estimate of drug-likeness (QED) is 0.354. The number of amides is 1. The minimum Gasteiger partial charge on any atom is -0.452 e. The number of likely N-dealkylation sites (N-methyl/N-ethyl adjacent to an activating group) is 1. The summed E-state index contributed by atoms with van der Waals surface area (Å²) in [6.07, 6.45) is 1.48. The van der Waals surface area contributed by atoms with Crippen molar-refractivity contribution in [1.82, 2.24) is 0 Å². The van der Waals surface area contributed by atoms with Gasteiger partial charge in [0.1, 0.15) is 0 Å². The van der Waals surface area contributed by atoms with E-state index in [1.807, 2.05) is 6.07 Å². The fraction of sp³-hybridized carbons (Fsp3) is 0.120. The molecule has 0 aliphatic rings. The van der Waals surface area contributed by atoms with Crippen LogP contribution in [-0.2, 0) is 19.6 Å². The van der Waals surface area contributed by atoms with Crippen molar-refractivity contribution in [3.63, 3.8) is 0 Å². The highest BCUT2D eigenvalue weighted by Gasteiger charge is 2.25. The zero-order valence-corrected chi connectivity index (χ0v) is 18.9. The standard InChI is InChI=1S/C25H24N2O5S/c1-3-17-27(22-14-8-5-9-15-22)33(30,31)23-16-10-11-20(18-23)25(29)32-19-24(28)26(2)21-12-6-4-7-13-21/h3-16,18H,1,17,19H2,2H3. The topological polar surface area (TPSA) is 84.0 Å². The van der Waals surface area contributed by atoms with Gasteiger partial charge in [0.25, 0.3) is 15.9 Å². The molecule has 0 bridgehead atoms. The van der Waals surface area contributed by atoms with Gasteiger partial charge in [0.2, 0.25) is 0 Å². The molecule has 0 aromatic heterocycles. The second-order valence-corrected chi connectivity index (χ2v) is 8.91. The molecular formula is C25H24N2O5S. The van der Waals surface area contributed by atoms with E-state index in [9.17, 15) is 18.0 Å². The number of anilines is 2. The third-order valence-corrected chi connectivity index (χ3v) is 6.63. The van der Waals surface area contributed by atoms with Gasteiger partial charge in [0.15, 0.2) is 6.61 Å². The minimum atomic E-state index is -3.97. The van der Waals surface area contributed by atoms with Crippen LogP contribution in [0.15, 0.2) is 102 Å². The van der Waals surface area contributed by atoms with Crippen LogP contribution in [0.25, 0.3) is 0 Å². The van der Waals surface area contributed by atoms with Crippen molar-refractivity contribution in [3.8, 4) is 0 Å². The normalized spacial score (nSPS) is 10.8. The molecule has 0 fully saturated rings. The van der Waals surface area contributed by atoms with E-state index < -0.39 is 28.5 Å². The summed E-state index contributed by atoms with van der Waals surface area (Å²) in [6.45, 7) is 3.22. The maximum absolute atomic E-state index is 13.3. The maximum atomic E-state index is 13.3. The van der Waals surface area contributed by atoms with E-state index in [-0.39, 0.29) is 17.0 Å². The van der Waals surface area contributed by atoms with Gasteiger partial charge in [0.05, 0.1) is 22.7 Å². The molecule has 1 amide bonds. The Labute approximate surface area is 193 Å². The number of hydrogen-bond donors (Lipinski definition) is 0. The van der Waals surface area contributed by atoms with E-state index >= 15 is 0 Å². The van der Waals surface area contributed by atoms with Gasteiger partial charge < -0.3 is 9.64 Å². The molecular weight excluding hydrogens is 440 g/mol. The first-order chi connectivity index (χ1) is 15.8. The van der Waals surface area contributed by atoms with Crippen molar-refractivity contribution in [2.24, 2.45) is 0 Å². The van der Waals surface area contributed by atoms with Gasteiger partial charge in [-0.2, -0.15) is 0 Å². The molecule has 7 nitrogen and oxygen atoms in total. The van der Waals surface area contributed by atoms with Crippen molar-refractivity contribution >= 4 is 33.3 Å². The lowest BCUT2D eigenvalue weighted by molar-refractivity contribution is -0.121. The van der Waals surface area contributed by atoms with Gasteiger partial charge >= 0.3 is 5.97 Å². The van der Waals surface area contributed by atoms with Crippen LogP contribution in [0, 0.1) is 0 Å². The second kappa shape index (κ2) is 10.6. The maximum Gasteiger partial charge on any atom is 0.338 e. The van der Waals surface area contributed by atoms with Crippen molar-refractivity contribution in [2.75, 3.05) is 29.4 Å². The number of sulfonamides is 1. The molecule has 170 valence electrons. The smallest absolute Gasteiger partial charge is 0.338 e. The van der Waals surface area contributed by atoms with Crippen LogP contribution in [0.3, 0.4) is 0 Å². The van der Waals surface area contributed by atoms with Gasteiger partial charge in [-0.1, -0.05) is 48.5 Å². The van der Waals surface area contributed by atoms with Crippen molar-refractivity contribution in [1.29, 1.82) is 0 Å². The van der Waals surface area contributed by atoms with Crippen LogP contribution in [-0.4, -0.2) is 40.5 Å². The van der Waals surface area contributed by atoms with Gasteiger partial charge in [-0.15, -0.1) is 6.58 Å². The fourth-order valence-corrected chi connectivity index (χ4v) is 4.55. The molecule has 0 unspecified atom stereocenters. The Morgan fingerprint density at radius 1 is 0.909 bits per heavy atom. The molecule has 8 heteroatoms. The molecule has 0 atom stereocenters. The summed E-state index contributed by atoms with van der Waals surface area (Å²) < 4.78 is 32.9. The highest BCUT2D eigenvalue weighted by atomic mass is 32.2. The first-order valence-corrected chi connectivity index (χ1v) is 11.6. The Morgan fingerprint density at radius 2 is 1.52 bits per heavy atom. The monoisotopic (exact) mass is 464 g/mol. The molecule has 3 rings (SSSR count). The average Bonchev–Trinajstić information content (AvgIpc) is 2.86. The Kier molecular flexibility index (Phi) is 7.63. The summed E-state index contributed by atoms with van der Waals surface area (Å²) in [4.78, 5) is 26.2. The highest BCUT2D eigenvalue weighted by Crippen LogP contribution is 2.24. The predicted molar refractivity (Wildman–Crippen MR) is 128 cm³/mol. The Balaban J connectivity index is 1.76. The predicted octanol–water partition coefficient (Wildman–Crippen LogP) is 3.89. The van der Waals surface area contributed by atoms with Crippen LogP contribution in [0.1, 0.15) is 10.4 Å². The molecule has 0 saturated carbocycles. The van der Waals surface area contributed by atoms with Gasteiger partial charge in [-0.25, -0.2) is 13.2 Å². The van der Waals surface area contributed by atoms with Crippen molar-refractivity contribution in [3.05, 3.63) is 103 Å². The number of hydrogen-bond acceptors (Lipinski definition) is 5. The summed E-state index contributed by atoms with van der Waals surface area (Å²) in [5, 5.41) is 0. The average molecular weight is 465 g/mol. The molecule has 0 N–H and O–H groups in total. The van der Waals surface area contributed by atoms with E-state index in [0.717, 1.165) is 0 Å². The molecule has 0 aliphatic heterocycles. The number of esters is 1. The Bertz CT molecular complexity index is 1230. The molecule has 0 heterocycles.